The molecule has 0 amide bonds. The number of nitrogens with one attached hydrogen (secondary N) is 2. The molecule has 2 aromatic carbocycles. The van der Waals surface area contributed by atoms with Crippen LogP contribution in [0.4, 0.5) is 24.5 Å². The fourth-order valence-corrected chi connectivity index (χ4v) is 4.98. The van der Waals surface area contributed by atoms with Crippen LogP contribution in [-0.4, -0.2) is 31.5 Å². The summed E-state index contributed by atoms with van der Waals surface area (Å²) in [4.78, 5) is 3.88. The van der Waals surface area contributed by atoms with Gasteiger partial charge in [-0.1, -0.05) is 6.07 Å². The van der Waals surface area contributed by atoms with Gasteiger partial charge in [-0.05, 0) is 55.1 Å². The Bertz CT molecular complexity index is 1440. The van der Waals surface area contributed by atoms with Gasteiger partial charge in [0.2, 0.25) is 0 Å². The number of methoxy groups -OCH3 is 1. The fraction of sp³-hybridized carbons (Fsp3) is 0.174. The summed E-state index contributed by atoms with van der Waals surface area (Å²) in [6.07, 6.45) is -0.408. The summed E-state index contributed by atoms with van der Waals surface area (Å²) >= 11 is 0. The van der Waals surface area contributed by atoms with Crippen LogP contribution >= 0.6 is 12.4 Å². The first-order chi connectivity index (χ1) is 16.1. The Hall–Kier alpha value is -3.28. The summed E-state index contributed by atoms with van der Waals surface area (Å²) < 4.78 is 73.5. The van der Waals surface area contributed by atoms with Gasteiger partial charge in [0.25, 0.3) is 10.0 Å². The Morgan fingerprint density at radius 2 is 1.89 bits per heavy atom. The minimum absolute atomic E-state index is 0. The van der Waals surface area contributed by atoms with Crippen molar-refractivity contribution < 1.29 is 26.3 Å². The zero-order chi connectivity index (χ0) is 24.5. The molecule has 0 unspecified atom stereocenters. The van der Waals surface area contributed by atoms with Crippen molar-refractivity contribution in [3.8, 4) is 5.75 Å². The van der Waals surface area contributed by atoms with E-state index in [1.54, 1.807) is 19.2 Å². The van der Waals surface area contributed by atoms with E-state index in [9.17, 15) is 21.6 Å². The minimum Gasteiger partial charge on any atom is -0.497 e. The molecule has 0 saturated heterocycles. The van der Waals surface area contributed by atoms with Gasteiger partial charge in [0.05, 0.1) is 23.9 Å². The van der Waals surface area contributed by atoms with Crippen molar-refractivity contribution in [3.63, 3.8) is 0 Å². The fourth-order valence-electron chi connectivity index (χ4n) is 3.64. The third kappa shape index (κ3) is 5.21. The van der Waals surface area contributed by atoms with Gasteiger partial charge < -0.3 is 15.4 Å². The third-order valence-corrected chi connectivity index (χ3v) is 6.88. The van der Waals surface area contributed by atoms with Crippen LogP contribution in [0.3, 0.4) is 0 Å². The number of aromatic nitrogens is 2. The lowest BCUT2D eigenvalue weighted by atomic mass is 10.1. The zero-order valence-corrected chi connectivity index (χ0v) is 20.3. The van der Waals surface area contributed by atoms with Gasteiger partial charge in [0, 0.05) is 36.2 Å². The molecule has 12 heteroatoms. The molecule has 35 heavy (non-hydrogen) atoms. The van der Waals surface area contributed by atoms with Crippen molar-refractivity contribution in [2.75, 3.05) is 19.5 Å². The SMILES string of the molecule is CNCc1cn(S(=O)(=O)c2cccnc2)c2cc(Nc3ccc(OC)cc3C(F)(F)F)ccc12.Cl. The number of benzene rings is 2. The molecule has 0 aliphatic rings. The maximum Gasteiger partial charge on any atom is 0.418 e. The second-order valence-electron chi connectivity index (χ2n) is 7.44. The average molecular weight is 527 g/mol. The first-order valence-corrected chi connectivity index (χ1v) is 11.6. The van der Waals surface area contributed by atoms with E-state index < -0.39 is 21.8 Å². The van der Waals surface area contributed by atoms with Crippen LogP contribution in [0.1, 0.15) is 11.1 Å². The van der Waals surface area contributed by atoms with Crippen LogP contribution < -0.4 is 15.4 Å². The maximum atomic E-state index is 13.6. The van der Waals surface area contributed by atoms with E-state index in [0.29, 0.717) is 23.1 Å². The van der Waals surface area contributed by atoms with E-state index in [1.807, 2.05) is 0 Å². The number of nitrogens with zero attached hydrogens (tertiary/aromatic N) is 2. The number of anilines is 2. The quantitative estimate of drug-likeness (QED) is 0.345. The average Bonchev–Trinajstić information content (AvgIpc) is 3.18. The van der Waals surface area contributed by atoms with Gasteiger partial charge in [-0.3, -0.25) is 4.98 Å². The second kappa shape index (κ2) is 10.1. The largest absolute Gasteiger partial charge is 0.497 e. The van der Waals surface area contributed by atoms with E-state index in [2.05, 4.69) is 15.6 Å². The van der Waals surface area contributed by atoms with Crippen molar-refractivity contribution in [2.45, 2.75) is 17.6 Å². The van der Waals surface area contributed by atoms with E-state index >= 15 is 0 Å². The monoisotopic (exact) mass is 526 g/mol. The van der Waals surface area contributed by atoms with Crippen LogP contribution in [0.15, 0.2) is 72.0 Å². The Morgan fingerprint density at radius 1 is 1.11 bits per heavy atom. The maximum absolute atomic E-state index is 13.6. The predicted octanol–water partition coefficient (Wildman–Crippen LogP) is 5.19. The first kappa shape index (κ1) is 26.3. The van der Waals surface area contributed by atoms with E-state index in [1.165, 1.54) is 56.0 Å². The molecule has 0 saturated carbocycles. The number of alkyl halides is 3. The number of ether oxygens (including phenoxy) is 1. The molecule has 7 nitrogen and oxygen atoms in total. The molecule has 2 aromatic heterocycles. The van der Waals surface area contributed by atoms with Crippen LogP contribution in [0.2, 0.25) is 0 Å². The third-order valence-electron chi connectivity index (χ3n) is 5.22. The first-order valence-electron chi connectivity index (χ1n) is 10.1. The molecule has 0 fully saturated rings. The van der Waals surface area contributed by atoms with E-state index in [4.69, 9.17) is 4.74 Å². The molecule has 0 bridgehead atoms. The Balaban J connectivity index is 0.00000342. The van der Waals surface area contributed by atoms with Crippen molar-refractivity contribution in [1.82, 2.24) is 14.3 Å². The Kier molecular flexibility index (Phi) is 7.63. The molecule has 2 heterocycles. The second-order valence-corrected chi connectivity index (χ2v) is 9.26. The molecule has 0 aliphatic carbocycles. The zero-order valence-electron chi connectivity index (χ0n) is 18.6. The van der Waals surface area contributed by atoms with Crippen LogP contribution in [-0.2, 0) is 22.7 Å². The standard InChI is InChI=1S/C23H21F3N4O3S.ClH/c1-27-12-15-14-30(34(31,32)18-4-3-9-28-13-18)22-10-16(5-7-19(15)22)29-21-8-6-17(33-2)11-20(21)23(24,25)26;/h3-11,13-14,27,29H,12H2,1-2H3;1H. The number of halogens is 4. The van der Waals surface area contributed by atoms with Crippen LogP contribution in [0.5, 0.6) is 5.75 Å². The highest BCUT2D eigenvalue weighted by Gasteiger charge is 2.34. The van der Waals surface area contributed by atoms with Gasteiger partial charge in [0.1, 0.15) is 10.6 Å². The molecule has 0 aliphatic heterocycles. The molecule has 4 aromatic rings. The molecular weight excluding hydrogens is 505 g/mol. The summed E-state index contributed by atoms with van der Waals surface area (Å²) in [6.45, 7) is 0.398. The molecule has 0 atom stereocenters. The number of hydrogen-bond acceptors (Lipinski definition) is 6. The van der Waals surface area contributed by atoms with E-state index in [-0.39, 0.29) is 28.7 Å². The lowest BCUT2D eigenvalue weighted by molar-refractivity contribution is -0.137. The summed E-state index contributed by atoms with van der Waals surface area (Å²) in [7, 11) is -0.970. The number of pyridine rings is 1. The number of fused-ring (bicyclic) bond motifs is 1. The molecule has 0 spiro atoms. The van der Waals surface area contributed by atoms with Gasteiger partial charge in [0.15, 0.2) is 0 Å². The van der Waals surface area contributed by atoms with Crippen molar-refractivity contribution in [2.24, 2.45) is 0 Å². The molecule has 0 radical (unpaired) electrons. The van der Waals surface area contributed by atoms with Crippen LogP contribution in [0.25, 0.3) is 10.9 Å². The molecule has 186 valence electrons. The lowest BCUT2D eigenvalue weighted by Gasteiger charge is -2.16. The van der Waals surface area contributed by atoms with Crippen LogP contribution in [0, 0.1) is 0 Å². The Morgan fingerprint density at radius 3 is 2.51 bits per heavy atom. The highest BCUT2D eigenvalue weighted by molar-refractivity contribution is 7.90. The molecule has 4 rings (SSSR count). The van der Waals surface area contributed by atoms with Crippen molar-refractivity contribution in [3.05, 3.63) is 78.2 Å². The molecule has 2 N–H and O–H groups in total. The Labute approximate surface area is 206 Å². The van der Waals surface area contributed by atoms with Gasteiger partial charge >= 0.3 is 6.18 Å². The van der Waals surface area contributed by atoms with E-state index in [0.717, 1.165) is 15.6 Å². The van der Waals surface area contributed by atoms with Crippen molar-refractivity contribution in [1.29, 1.82) is 0 Å². The minimum atomic E-state index is -4.62. The van der Waals surface area contributed by atoms with Gasteiger partial charge in [-0.2, -0.15) is 13.2 Å². The number of hydrogen-bond donors (Lipinski definition) is 2. The highest BCUT2D eigenvalue weighted by atomic mass is 35.5. The normalized spacial score (nSPS) is 11.8. The smallest absolute Gasteiger partial charge is 0.418 e. The van der Waals surface area contributed by atoms with Gasteiger partial charge in [-0.25, -0.2) is 12.4 Å². The summed E-state index contributed by atoms with van der Waals surface area (Å²) in [5.41, 5.74) is 0.246. The lowest BCUT2D eigenvalue weighted by Crippen LogP contribution is -2.12. The predicted molar refractivity (Wildman–Crippen MR) is 130 cm³/mol. The highest BCUT2D eigenvalue weighted by Crippen LogP contribution is 2.39. The molecular formula is C23H22ClF3N4O3S. The summed E-state index contributed by atoms with van der Waals surface area (Å²) in [5, 5.41) is 6.42. The topological polar surface area (TPSA) is 85.2 Å². The number of rotatable bonds is 7. The van der Waals surface area contributed by atoms with Gasteiger partial charge in [-0.15, -0.1) is 12.4 Å². The summed E-state index contributed by atoms with van der Waals surface area (Å²) in [5.74, 6) is 0.0708. The van der Waals surface area contributed by atoms with Crippen molar-refractivity contribution >= 4 is 44.7 Å². The summed E-state index contributed by atoms with van der Waals surface area (Å²) in [6, 6.07) is 11.3.